The highest BCUT2D eigenvalue weighted by Crippen LogP contribution is 2.19. The molecule has 0 radical (unpaired) electrons. The highest BCUT2D eigenvalue weighted by atomic mass is 15.1. The van der Waals surface area contributed by atoms with Gasteiger partial charge >= 0.3 is 0 Å². The summed E-state index contributed by atoms with van der Waals surface area (Å²) >= 11 is 0. The number of para-hydroxylation sites is 1. The quantitative estimate of drug-likeness (QED) is 0.695. The van der Waals surface area contributed by atoms with Crippen LogP contribution in [0, 0.1) is 6.92 Å². The van der Waals surface area contributed by atoms with Crippen molar-refractivity contribution >= 4 is 5.69 Å². The Labute approximate surface area is 106 Å². The fourth-order valence-electron chi connectivity index (χ4n) is 2.15. The summed E-state index contributed by atoms with van der Waals surface area (Å²) in [4.78, 5) is 2.48. The molecule has 0 fully saturated rings. The Balaban J connectivity index is 2.41. The van der Waals surface area contributed by atoms with E-state index in [1.165, 1.54) is 37.1 Å². The molecule has 0 saturated heterocycles. The Hall–Kier alpha value is -1.02. The Kier molecular flexibility index (Phi) is 6.71. The summed E-state index contributed by atoms with van der Waals surface area (Å²) in [6.45, 7) is 7.83. The first-order valence-electron chi connectivity index (χ1n) is 6.74. The molecule has 0 saturated carbocycles. The largest absolute Gasteiger partial charge is 0.372 e. The molecule has 0 atom stereocenters. The summed E-state index contributed by atoms with van der Waals surface area (Å²) in [6.07, 6.45) is 3.87. The van der Waals surface area contributed by atoms with Crippen molar-refractivity contribution < 1.29 is 0 Å². The molecule has 0 aromatic heterocycles. The molecule has 1 aromatic carbocycles. The van der Waals surface area contributed by atoms with Crippen LogP contribution in [0.4, 0.5) is 5.69 Å². The molecule has 0 heterocycles. The van der Waals surface area contributed by atoms with Gasteiger partial charge in [-0.1, -0.05) is 24.6 Å². The Bertz CT molecular complexity index is 310. The Morgan fingerprint density at radius 1 is 1.12 bits per heavy atom. The van der Waals surface area contributed by atoms with Gasteiger partial charge in [-0.3, -0.25) is 0 Å². The van der Waals surface area contributed by atoms with Gasteiger partial charge in [-0.15, -0.1) is 0 Å². The van der Waals surface area contributed by atoms with Gasteiger partial charge in [0.25, 0.3) is 0 Å². The van der Waals surface area contributed by atoms with Gasteiger partial charge in [-0.2, -0.15) is 0 Å². The lowest BCUT2D eigenvalue weighted by molar-refractivity contribution is 0.630. The number of nitrogens with zero attached hydrogens (tertiary/aromatic N) is 1. The van der Waals surface area contributed by atoms with Crippen LogP contribution in [-0.2, 0) is 0 Å². The van der Waals surface area contributed by atoms with Gasteiger partial charge in [0.1, 0.15) is 0 Å². The Morgan fingerprint density at radius 2 is 1.88 bits per heavy atom. The van der Waals surface area contributed by atoms with Gasteiger partial charge in [0.15, 0.2) is 0 Å². The molecule has 0 spiro atoms. The van der Waals surface area contributed by atoms with E-state index in [2.05, 4.69) is 48.3 Å². The third kappa shape index (κ3) is 4.78. The van der Waals surface area contributed by atoms with Gasteiger partial charge in [0.2, 0.25) is 0 Å². The van der Waals surface area contributed by atoms with Gasteiger partial charge in [0, 0.05) is 18.8 Å². The van der Waals surface area contributed by atoms with Crippen LogP contribution in [0.3, 0.4) is 0 Å². The van der Waals surface area contributed by atoms with E-state index in [-0.39, 0.29) is 0 Å². The van der Waals surface area contributed by atoms with Crippen LogP contribution in [0.1, 0.15) is 31.7 Å². The number of aryl methyl sites for hydroxylation is 1. The molecule has 96 valence electrons. The topological polar surface area (TPSA) is 15.3 Å². The second-order valence-electron chi connectivity index (χ2n) is 4.53. The molecule has 2 heteroatoms. The first kappa shape index (κ1) is 14.0. The number of anilines is 1. The summed E-state index contributed by atoms with van der Waals surface area (Å²) in [7, 11) is 2.02. The molecule has 1 N–H and O–H groups in total. The second-order valence-corrected chi connectivity index (χ2v) is 4.53. The maximum absolute atomic E-state index is 3.20. The zero-order valence-electron chi connectivity index (χ0n) is 11.5. The fourth-order valence-corrected chi connectivity index (χ4v) is 2.15. The van der Waals surface area contributed by atoms with Crippen molar-refractivity contribution in [2.24, 2.45) is 0 Å². The molecule has 17 heavy (non-hydrogen) atoms. The van der Waals surface area contributed by atoms with Crippen LogP contribution in [0.2, 0.25) is 0 Å². The van der Waals surface area contributed by atoms with Crippen LogP contribution in [0.5, 0.6) is 0 Å². The predicted octanol–water partition coefficient (Wildman–Crippen LogP) is 3.21. The van der Waals surface area contributed by atoms with E-state index in [4.69, 9.17) is 0 Å². The minimum absolute atomic E-state index is 1.09. The summed E-state index contributed by atoms with van der Waals surface area (Å²) in [5.41, 5.74) is 2.77. The first-order chi connectivity index (χ1) is 8.29. The lowest BCUT2D eigenvalue weighted by Crippen LogP contribution is -2.24. The van der Waals surface area contributed by atoms with E-state index in [1.54, 1.807) is 0 Å². The smallest absolute Gasteiger partial charge is 0.0395 e. The van der Waals surface area contributed by atoms with Gasteiger partial charge in [0.05, 0.1) is 0 Å². The molecular weight excluding hydrogens is 208 g/mol. The van der Waals surface area contributed by atoms with Crippen LogP contribution in [0.15, 0.2) is 24.3 Å². The number of nitrogens with one attached hydrogen (secondary N) is 1. The number of benzene rings is 1. The average molecular weight is 234 g/mol. The number of unbranched alkanes of at least 4 members (excludes halogenated alkanes) is 2. The summed E-state index contributed by atoms with van der Waals surface area (Å²) < 4.78 is 0. The van der Waals surface area contributed by atoms with Gasteiger partial charge in [-0.05, 0) is 51.9 Å². The fraction of sp³-hybridized carbons (Fsp3) is 0.600. The van der Waals surface area contributed by atoms with Crippen LogP contribution in [-0.4, -0.2) is 26.7 Å². The van der Waals surface area contributed by atoms with Crippen molar-refractivity contribution in [3.05, 3.63) is 29.8 Å². The van der Waals surface area contributed by atoms with Crippen LogP contribution >= 0.6 is 0 Å². The van der Waals surface area contributed by atoms with Gasteiger partial charge < -0.3 is 10.2 Å². The summed E-state index contributed by atoms with van der Waals surface area (Å²) in [6, 6.07) is 8.66. The highest BCUT2D eigenvalue weighted by molar-refractivity contribution is 5.52. The maximum Gasteiger partial charge on any atom is 0.0395 e. The van der Waals surface area contributed by atoms with E-state index >= 15 is 0 Å². The third-order valence-corrected chi connectivity index (χ3v) is 3.19. The molecule has 0 aliphatic heterocycles. The van der Waals surface area contributed by atoms with E-state index in [0.29, 0.717) is 0 Å². The van der Waals surface area contributed by atoms with E-state index < -0.39 is 0 Å². The molecule has 0 amide bonds. The number of hydrogen-bond donors (Lipinski definition) is 1. The van der Waals surface area contributed by atoms with Crippen LogP contribution in [0.25, 0.3) is 0 Å². The minimum atomic E-state index is 1.09. The zero-order chi connectivity index (χ0) is 12.5. The molecule has 0 aliphatic carbocycles. The van der Waals surface area contributed by atoms with E-state index in [9.17, 15) is 0 Å². The number of rotatable bonds is 8. The van der Waals surface area contributed by atoms with Crippen molar-refractivity contribution in [3.8, 4) is 0 Å². The van der Waals surface area contributed by atoms with Crippen molar-refractivity contribution in [1.29, 1.82) is 0 Å². The molecule has 0 bridgehead atoms. The summed E-state index contributed by atoms with van der Waals surface area (Å²) in [5.74, 6) is 0. The zero-order valence-corrected chi connectivity index (χ0v) is 11.5. The molecule has 0 aliphatic rings. The SMILES string of the molecule is CCN(CCCCCNC)c1ccccc1C. The standard InChI is InChI=1S/C15H26N2/c1-4-17(13-9-5-8-12-16-3)15-11-7-6-10-14(15)2/h6-7,10-11,16H,4-5,8-9,12-13H2,1-3H3. The minimum Gasteiger partial charge on any atom is -0.372 e. The summed E-state index contributed by atoms with van der Waals surface area (Å²) in [5, 5.41) is 3.20. The third-order valence-electron chi connectivity index (χ3n) is 3.19. The van der Waals surface area contributed by atoms with Gasteiger partial charge in [-0.25, -0.2) is 0 Å². The van der Waals surface area contributed by atoms with Crippen molar-refractivity contribution in [2.75, 3.05) is 31.6 Å². The Morgan fingerprint density at radius 3 is 2.53 bits per heavy atom. The van der Waals surface area contributed by atoms with E-state index in [1.807, 2.05) is 7.05 Å². The molecule has 0 unspecified atom stereocenters. The molecular formula is C15H26N2. The van der Waals surface area contributed by atoms with Crippen LogP contribution < -0.4 is 10.2 Å². The lowest BCUT2D eigenvalue weighted by atomic mass is 10.1. The number of hydrogen-bond acceptors (Lipinski definition) is 2. The second kappa shape index (κ2) is 8.13. The molecule has 2 nitrogen and oxygen atoms in total. The normalized spacial score (nSPS) is 10.5. The van der Waals surface area contributed by atoms with Crippen molar-refractivity contribution in [2.45, 2.75) is 33.1 Å². The lowest BCUT2D eigenvalue weighted by Gasteiger charge is -2.24. The van der Waals surface area contributed by atoms with Crippen molar-refractivity contribution in [3.63, 3.8) is 0 Å². The molecule has 1 aromatic rings. The van der Waals surface area contributed by atoms with Crippen molar-refractivity contribution in [1.82, 2.24) is 5.32 Å². The monoisotopic (exact) mass is 234 g/mol. The maximum atomic E-state index is 3.20. The molecule has 1 rings (SSSR count). The predicted molar refractivity (Wildman–Crippen MR) is 76.8 cm³/mol. The highest BCUT2D eigenvalue weighted by Gasteiger charge is 2.05. The van der Waals surface area contributed by atoms with E-state index in [0.717, 1.165) is 13.1 Å². The average Bonchev–Trinajstić information content (AvgIpc) is 2.35. The first-order valence-corrected chi connectivity index (χ1v) is 6.74.